The molecule has 1 N–H and O–H groups in total. The summed E-state index contributed by atoms with van der Waals surface area (Å²) in [6.07, 6.45) is 2.35. The molecule has 2 rings (SSSR count). The van der Waals surface area contributed by atoms with Gasteiger partial charge in [-0.2, -0.15) is 0 Å². The van der Waals surface area contributed by atoms with Gasteiger partial charge in [-0.1, -0.05) is 35.9 Å². The van der Waals surface area contributed by atoms with Crippen LogP contribution in [-0.2, 0) is 6.42 Å². The summed E-state index contributed by atoms with van der Waals surface area (Å²) in [6.45, 7) is 2.62. The molecule has 1 heterocycles. The van der Waals surface area contributed by atoms with E-state index in [2.05, 4.69) is 45.3 Å². The van der Waals surface area contributed by atoms with E-state index in [1.165, 1.54) is 11.1 Å². The second kappa shape index (κ2) is 6.86. The van der Waals surface area contributed by atoms with Crippen molar-refractivity contribution in [1.29, 1.82) is 0 Å². The molecule has 1 aromatic heterocycles. The number of rotatable bonds is 4. The number of halogens is 2. The zero-order valence-electron chi connectivity index (χ0n) is 11.0. The van der Waals surface area contributed by atoms with E-state index < -0.39 is 0 Å². The Hall–Kier alpha value is -1.39. The van der Waals surface area contributed by atoms with Gasteiger partial charge in [-0.3, -0.25) is 4.79 Å². The lowest BCUT2D eigenvalue weighted by Gasteiger charge is -2.08. The van der Waals surface area contributed by atoms with E-state index in [1.54, 1.807) is 12.3 Å². The summed E-state index contributed by atoms with van der Waals surface area (Å²) in [5, 5.41) is 3.07. The number of benzene rings is 1. The van der Waals surface area contributed by atoms with Crippen LogP contribution >= 0.6 is 27.5 Å². The molecule has 0 saturated carbocycles. The smallest absolute Gasteiger partial charge is 0.254 e. The van der Waals surface area contributed by atoms with Crippen molar-refractivity contribution in [3.63, 3.8) is 0 Å². The van der Waals surface area contributed by atoms with Crippen LogP contribution in [0.1, 0.15) is 21.5 Å². The van der Waals surface area contributed by atoms with Gasteiger partial charge < -0.3 is 5.32 Å². The number of amides is 1. The molecule has 0 saturated heterocycles. The minimum absolute atomic E-state index is 0.210. The summed E-state index contributed by atoms with van der Waals surface area (Å²) in [5.41, 5.74) is 2.83. The van der Waals surface area contributed by atoms with Crippen LogP contribution in [0, 0.1) is 6.92 Å². The van der Waals surface area contributed by atoms with Crippen molar-refractivity contribution in [3.8, 4) is 0 Å². The Labute approximate surface area is 131 Å². The van der Waals surface area contributed by atoms with E-state index in [9.17, 15) is 4.79 Å². The zero-order chi connectivity index (χ0) is 14.5. The van der Waals surface area contributed by atoms with Gasteiger partial charge in [-0.05, 0) is 46.5 Å². The fourth-order valence-electron chi connectivity index (χ4n) is 1.88. The first-order valence-electron chi connectivity index (χ1n) is 6.21. The average molecular weight is 354 g/mol. The molecule has 1 amide bonds. The van der Waals surface area contributed by atoms with Gasteiger partial charge in [0.1, 0.15) is 5.15 Å². The molecule has 0 aliphatic rings. The minimum atomic E-state index is -0.211. The zero-order valence-corrected chi connectivity index (χ0v) is 13.3. The average Bonchev–Trinajstić information content (AvgIpc) is 2.43. The Morgan fingerprint density at radius 3 is 2.90 bits per heavy atom. The predicted octanol–water partition coefficient (Wildman–Crippen LogP) is 3.78. The Morgan fingerprint density at radius 2 is 2.15 bits per heavy atom. The summed E-state index contributed by atoms with van der Waals surface area (Å²) in [5.74, 6) is -0.211. The summed E-state index contributed by atoms with van der Waals surface area (Å²) < 4.78 is 0.728. The fourth-order valence-corrected chi connectivity index (χ4v) is 2.40. The maximum atomic E-state index is 12.0. The van der Waals surface area contributed by atoms with Crippen LogP contribution in [0.25, 0.3) is 0 Å². The molecule has 0 aliphatic heterocycles. The molecule has 0 spiro atoms. The second-order valence-corrected chi connectivity index (χ2v) is 5.70. The third-order valence-electron chi connectivity index (χ3n) is 2.99. The van der Waals surface area contributed by atoms with Gasteiger partial charge in [0.05, 0.1) is 5.56 Å². The van der Waals surface area contributed by atoms with E-state index in [1.807, 2.05) is 12.1 Å². The molecule has 5 heteroatoms. The molecule has 0 radical (unpaired) electrons. The summed E-state index contributed by atoms with van der Waals surface area (Å²) in [4.78, 5) is 16.0. The monoisotopic (exact) mass is 352 g/mol. The van der Waals surface area contributed by atoms with Gasteiger partial charge >= 0.3 is 0 Å². The molecule has 3 nitrogen and oxygen atoms in total. The third kappa shape index (κ3) is 3.81. The Balaban J connectivity index is 1.96. The van der Waals surface area contributed by atoms with Crippen LogP contribution in [-0.4, -0.2) is 17.4 Å². The number of hydrogen-bond acceptors (Lipinski definition) is 2. The molecule has 1 aromatic carbocycles. The van der Waals surface area contributed by atoms with Crippen LogP contribution in [0.2, 0.25) is 5.15 Å². The molecule has 0 fully saturated rings. The SMILES string of the molecule is Cc1ccccc1CCNC(=O)c1cc(Br)cnc1Cl. The first kappa shape index (κ1) is 15.0. The number of aromatic nitrogens is 1. The van der Waals surface area contributed by atoms with E-state index >= 15 is 0 Å². The number of nitrogens with one attached hydrogen (secondary N) is 1. The maximum Gasteiger partial charge on any atom is 0.254 e. The van der Waals surface area contributed by atoms with Gasteiger partial charge in [-0.25, -0.2) is 4.98 Å². The molecule has 2 aromatic rings. The molecule has 104 valence electrons. The predicted molar refractivity (Wildman–Crippen MR) is 84.2 cm³/mol. The van der Waals surface area contributed by atoms with Crippen molar-refractivity contribution < 1.29 is 4.79 Å². The number of carbonyl (C=O) groups is 1. The van der Waals surface area contributed by atoms with Gasteiger partial charge in [0.25, 0.3) is 5.91 Å². The van der Waals surface area contributed by atoms with Crippen LogP contribution in [0.4, 0.5) is 0 Å². The largest absolute Gasteiger partial charge is 0.352 e. The molecular weight excluding hydrogens is 340 g/mol. The van der Waals surface area contributed by atoms with Crippen molar-refractivity contribution in [2.75, 3.05) is 6.54 Å². The Kier molecular flexibility index (Phi) is 5.15. The van der Waals surface area contributed by atoms with E-state index in [0.717, 1.165) is 10.9 Å². The van der Waals surface area contributed by atoms with E-state index in [4.69, 9.17) is 11.6 Å². The number of pyridine rings is 1. The Morgan fingerprint density at radius 1 is 1.40 bits per heavy atom. The highest BCUT2D eigenvalue weighted by atomic mass is 79.9. The van der Waals surface area contributed by atoms with Crippen molar-refractivity contribution in [1.82, 2.24) is 10.3 Å². The van der Waals surface area contributed by atoms with Crippen LogP contribution < -0.4 is 5.32 Å². The van der Waals surface area contributed by atoms with Crippen molar-refractivity contribution >= 4 is 33.4 Å². The minimum Gasteiger partial charge on any atom is -0.352 e. The summed E-state index contributed by atoms with van der Waals surface area (Å²) in [6, 6.07) is 9.80. The van der Waals surface area contributed by atoms with E-state index in [0.29, 0.717) is 12.1 Å². The lowest BCUT2D eigenvalue weighted by atomic mass is 10.1. The fraction of sp³-hybridized carbons (Fsp3) is 0.200. The molecule has 0 unspecified atom stereocenters. The van der Waals surface area contributed by atoms with Gasteiger partial charge in [0.15, 0.2) is 0 Å². The van der Waals surface area contributed by atoms with Crippen molar-refractivity contribution in [2.24, 2.45) is 0 Å². The summed E-state index contributed by atoms with van der Waals surface area (Å²) in [7, 11) is 0. The number of nitrogens with zero attached hydrogens (tertiary/aromatic N) is 1. The molecule has 20 heavy (non-hydrogen) atoms. The maximum absolute atomic E-state index is 12.0. The standard InChI is InChI=1S/C15H14BrClN2O/c1-10-4-2-3-5-11(10)6-7-18-15(20)13-8-12(16)9-19-14(13)17/h2-5,8-9H,6-7H2,1H3,(H,18,20). The van der Waals surface area contributed by atoms with Gasteiger partial charge in [0.2, 0.25) is 0 Å². The first-order valence-corrected chi connectivity index (χ1v) is 7.39. The molecule has 0 aliphatic carbocycles. The highest BCUT2D eigenvalue weighted by molar-refractivity contribution is 9.10. The number of carbonyl (C=O) groups excluding carboxylic acids is 1. The second-order valence-electron chi connectivity index (χ2n) is 4.42. The lowest BCUT2D eigenvalue weighted by molar-refractivity contribution is 0.0954. The first-order chi connectivity index (χ1) is 9.58. The number of aryl methyl sites for hydroxylation is 1. The highest BCUT2D eigenvalue weighted by Crippen LogP contribution is 2.17. The van der Waals surface area contributed by atoms with Crippen molar-refractivity contribution in [3.05, 3.63) is 62.8 Å². The molecule has 0 atom stereocenters. The normalized spacial score (nSPS) is 10.3. The Bertz CT molecular complexity index is 631. The van der Waals surface area contributed by atoms with Gasteiger partial charge in [-0.15, -0.1) is 0 Å². The van der Waals surface area contributed by atoms with Crippen LogP contribution in [0.5, 0.6) is 0 Å². The number of hydrogen-bond donors (Lipinski definition) is 1. The van der Waals surface area contributed by atoms with Crippen LogP contribution in [0.3, 0.4) is 0 Å². The third-order valence-corrected chi connectivity index (χ3v) is 3.73. The van der Waals surface area contributed by atoms with Gasteiger partial charge in [0, 0.05) is 17.2 Å². The van der Waals surface area contributed by atoms with Crippen LogP contribution in [0.15, 0.2) is 41.0 Å². The molecule has 0 bridgehead atoms. The lowest BCUT2D eigenvalue weighted by Crippen LogP contribution is -2.26. The topological polar surface area (TPSA) is 42.0 Å². The quantitative estimate of drug-likeness (QED) is 0.850. The highest BCUT2D eigenvalue weighted by Gasteiger charge is 2.11. The summed E-state index contributed by atoms with van der Waals surface area (Å²) >= 11 is 9.20. The van der Waals surface area contributed by atoms with E-state index in [-0.39, 0.29) is 11.1 Å². The van der Waals surface area contributed by atoms with Crippen molar-refractivity contribution in [2.45, 2.75) is 13.3 Å². The molecular formula is C15H14BrClN2O.